The first-order chi connectivity index (χ1) is 13.8. The lowest BCUT2D eigenvalue weighted by molar-refractivity contribution is -0.131. The summed E-state index contributed by atoms with van der Waals surface area (Å²) in [5.41, 5.74) is 0.966. The van der Waals surface area contributed by atoms with Crippen LogP contribution in [0.3, 0.4) is 0 Å². The van der Waals surface area contributed by atoms with Crippen molar-refractivity contribution in [2.24, 2.45) is 11.8 Å². The predicted molar refractivity (Wildman–Crippen MR) is 108 cm³/mol. The third kappa shape index (κ3) is 3.95. The number of nitrogens with zero attached hydrogens (tertiary/aromatic N) is 6. The van der Waals surface area contributed by atoms with E-state index < -0.39 is 0 Å². The van der Waals surface area contributed by atoms with E-state index in [1.807, 2.05) is 27.3 Å². The molecule has 4 atom stereocenters. The van der Waals surface area contributed by atoms with E-state index >= 15 is 0 Å². The van der Waals surface area contributed by atoms with Crippen molar-refractivity contribution in [1.29, 1.82) is 0 Å². The first-order valence-electron chi connectivity index (χ1n) is 10.5. The minimum Gasteiger partial charge on any atom is -0.379 e. The Balaban J connectivity index is 1.46. The van der Waals surface area contributed by atoms with Crippen molar-refractivity contribution in [2.45, 2.75) is 64.6 Å². The summed E-state index contributed by atoms with van der Waals surface area (Å²) in [6, 6.07) is 0.163. The van der Waals surface area contributed by atoms with Gasteiger partial charge in [0.05, 0.1) is 17.8 Å². The molecule has 0 radical (unpaired) electrons. The number of amides is 1. The molecule has 1 saturated carbocycles. The number of imidazole rings is 1. The Hall–Kier alpha value is -2.22. The van der Waals surface area contributed by atoms with Gasteiger partial charge in [-0.2, -0.15) is 0 Å². The highest BCUT2D eigenvalue weighted by Gasteiger charge is 2.44. The molecule has 2 fully saturated rings. The highest BCUT2D eigenvalue weighted by atomic mass is 16.5. The van der Waals surface area contributed by atoms with Crippen LogP contribution in [0.2, 0.25) is 0 Å². The van der Waals surface area contributed by atoms with Crippen molar-refractivity contribution in [2.75, 3.05) is 20.2 Å². The van der Waals surface area contributed by atoms with Gasteiger partial charge in [-0.05, 0) is 31.6 Å². The van der Waals surface area contributed by atoms with Crippen LogP contribution in [0.4, 0.5) is 0 Å². The van der Waals surface area contributed by atoms with Crippen molar-refractivity contribution in [3.63, 3.8) is 0 Å². The molecular weight excluding hydrogens is 368 g/mol. The van der Waals surface area contributed by atoms with Crippen LogP contribution in [-0.2, 0) is 21.5 Å². The van der Waals surface area contributed by atoms with Crippen LogP contribution in [0.15, 0.2) is 18.6 Å². The molecule has 2 aromatic rings. The zero-order chi connectivity index (χ0) is 20.8. The van der Waals surface area contributed by atoms with E-state index in [2.05, 4.69) is 42.3 Å². The van der Waals surface area contributed by atoms with Gasteiger partial charge in [0, 0.05) is 44.2 Å². The summed E-state index contributed by atoms with van der Waals surface area (Å²) in [5, 5.41) is 8.82. The SMILES string of the molecule is CO[C@@H]1C[C@H]2CN(C(=O)Cn3ccnc3C)C[C@H]2C[C@H]1n1cc(C(C)(C)C)nn1. The highest BCUT2D eigenvalue weighted by molar-refractivity contribution is 5.76. The fourth-order valence-electron chi connectivity index (χ4n) is 4.72. The molecule has 0 unspecified atom stereocenters. The summed E-state index contributed by atoms with van der Waals surface area (Å²) in [4.78, 5) is 19.1. The molecule has 29 heavy (non-hydrogen) atoms. The van der Waals surface area contributed by atoms with Crippen LogP contribution in [0.1, 0.15) is 51.2 Å². The maximum absolute atomic E-state index is 12.8. The molecule has 158 valence electrons. The van der Waals surface area contributed by atoms with E-state index in [4.69, 9.17) is 4.74 Å². The summed E-state index contributed by atoms with van der Waals surface area (Å²) >= 11 is 0. The number of hydrogen-bond donors (Lipinski definition) is 0. The summed E-state index contributed by atoms with van der Waals surface area (Å²) < 4.78 is 9.76. The Labute approximate surface area is 172 Å². The molecule has 0 aromatic carbocycles. The van der Waals surface area contributed by atoms with Gasteiger partial charge >= 0.3 is 0 Å². The van der Waals surface area contributed by atoms with Crippen molar-refractivity contribution in [3.05, 3.63) is 30.1 Å². The number of aromatic nitrogens is 5. The summed E-state index contributed by atoms with van der Waals surface area (Å²) in [7, 11) is 1.78. The van der Waals surface area contributed by atoms with Crippen LogP contribution in [0.5, 0.6) is 0 Å². The van der Waals surface area contributed by atoms with Gasteiger partial charge in [-0.25, -0.2) is 9.67 Å². The molecular formula is C21H32N6O2. The zero-order valence-electron chi connectivity index (χ0n) is 18.1. The van der Waals surface area contributed by atoms with E-state index in [0.717, 1.165) is 37.4 Å². The van der Waals surface area contributed by atoms with E-state index in [1.54, 1.807) is 13.3 Å². The maximum atomic E-state index is 12.8. The number of ether oxygens (including phenoxy) is 1. The molecule has 1 aliphatic carbocycles. The minimum absolute atomic E-state index is 0.0277. The van der Waals surface area contributed by atoms with Crippen molar-refractivity contribution < 1.29 is 9.53 Å². The largest absolute Gasteiger partial charge is 0.379 e. The summed E-state index contributed by atoms with van der Waals surface area (Å²) in [6.07, 6.45) is 7.68. The second kappa shape index (κ2) is 7.55. The molecule has 2 aliphatic rings. The number of hydrogen-bond acceptors (Lipinski definition) is 5. The number of carbonyl (C=O) groups is 1. The number of methoxy groups -OCH3 is 1. The molecule has 4 rings (SSSR count). The van der Waals surface area contributed by atoms with Crippen LogP contribution in [0.25, 0.3) is 0 Å². The molecule has 1 saturated heterocycles. The van der Waals surface area contributed by atoms with Gasteiger partial charge in [0.2, 0.25) is 5.91 Å². The molecule has 0 spiro atoms. The molecule has 3 heterocycles. The third-order valence-electron chi connectivity index (χ3n) is 6.59. The number of rotatable bonds is 4. The molecule has 0 N–H and O–H groups in total. The van der Waals surface area contributed by atoms with Crippen LogP contribution in [0, 0.1) is 18.8 Å². The fourth-order valence-corrected chi connectivity index (χ4v) is 4.72. The Morgan fingerprint density at radius 1 is 1.24 bits per heavy atom. The van der Waals surface area contributed by atoms with Gasteiger partial charge in [-0.1, -0.05) is 26.0 Å². The van der Waals surface area contributed by atoms with E-state index in [9.17, 15) is 4.79 Å². The van der Waals surface area contributed by atoms with Gasteiger partial charge in [0.25, 0.3) is 0 Å². The van der Waals surface area contributed by atoms with Gasteiger partial charge in [-0.15, -0.1) is 5.10 Å². The fraction of sp³-hybridized carbons (Fsp3) is 0.714. The lowest BCUT2D eigenvalue weighted by atomic mass is 9.77. The average molecular weight is 401 g/mol. The van der Waals surface area contributed by atoms with Gasteiger partial charge in [0.1, 0.15) is 12.4 Å². The Morgan fingerprint density at radius 2 is 1.97 bits per heavy atom. The smallest absolute Gasteiger partial charge is 0.242 e. The molecule has 8 nitrogen and oxygen atoms in total. The van der Waals surface area contributed by atoms with Crippen molar-refractivity contribution in [3.8, 4) is 0 Å². The quantitative estimate of drug-likeness (QED) is 0.786. The normalized spacial score (nSPS) is 27.3. The second-order valence-electron chi connectivity index (χ2n) is 9.57. The van der Waals surface area contributed by atoms with E-state index in [-0.39, 0.29) is 23.5 Å². The molecule has 8 heteroatoms. The first-order valence-corrected chi connectivity index (χ1v) is 10.5. The lowest BCUT2D eigenvalue weighted by Crippen LogP contribution is -2.37. The average Bonchev–Trinajstić information content (AvgIpc) is 3.39. The number of carbonyl (C=O) groups excluding carboxylic acids is 1. The number of aryl methyl sites for hydroxylation is 1. The number of likely N-dealkylation sites (tertiary alicyclic amines) is 1. The first kappa shape index (κ1) is 20.1. The standard InChI is InChI=1S/C21H32N6O2/c1-14-22-6-7-25(14)13-20(28)26-10-15-8-17(18(29-5)9-16(15)11-26)27-12-19(23-24-27)21(2,3)4/h6-7,12,15-18H,8-11,13H2,1-5H3/t15-,16+,17-,18-/m1/s1. The zero-order valence-corrected chi connectivity index (χ0v) is 18.1. The Kier molecular flexibility index (Phi) is 5.23. The summed E-state index contributed by atoms with van der Waals surface area (Å²) in [6.45, 7) is 10.4. The Bertz CT molecular complexity index is 867. The number of fused-ring (bicyclic) bond motifs is 1. The molecule has 0 bridgehead atoms. The topological polar surface area (TPSA) is 78.1 Å². The molecule has 1 aliphatic heterocycles. The van der Waals surface area contributed by atoms with Crippen LogP contribution in [-0.4, -0.2) is 61.7 Å². The third-order valence-corrected chi connectivity index (χ3v) is 6.59. The van der Waals surface area contributed by atoms with Crippen molar-refractivity contribution in [1.82, 2.24) is 29.4 Å². The highest BCUT2D eigenvalue weighted by Crippen LogP contribution is 2.42. The van der Waals surface area contributed by atoms with Crippen LogP contribution >= 0.6 is 0 Å². The van der Waals surface area contributed by atoms with Crippen molar-refractivity contribution >= 4 is 5.91 Å². The predicted octanol–water partition coefficient (Wildman–Crippen LogP) is 2.21. The van der Waals surface area contributed by atoms with Crippen LogP contribution < -0.4 is 0 Å². The van der Waals surface area contributed by atoms with Gasteiger partial charge in [-0.3, -0.25) is 4.79 Å². The molecule has 2 aromatic heterocycles. The lowest BCUT2D eigenvalue weighted by Gasteiger charge is -2.36. The van der Waals surface area contributed by atoms with E-state index in [0.29, 0.717) is 18.4 Å². The van der Waals surface area contributed by atoms with E-state index in [1.165, 1.54) is 0 Å². The Morgan fingerprint density at radius 3 is 2.55 bits per heavy atom. The van der Waals surface area contributed by atoms with Gasteiger partial charge < -0.3 is 14.2 Å². The monoisotopic (exact) mass is 400 g/mol. The second-order valence-corrected chi connectivity index (χ2v) is 9.57. The minimum atomic E-state index is -0.0277. The maximum Gasteiger partial charge on any atom is 0.242 e. The summed E-state index contributed by atoms with van der Waals surface area (Å²) in [5.74, 6) is 1.99. The molecule has 1 amide bonds. The van der Waals surface area contributed by atoms with Gasteiger partial charge in [0.15, 0.2) is 0 Å².